The van der Waals surface area contributed by atoms with Crippen molar-refractivity contribution in [2.45, 2.75) is 62.6 Å². The van der Waals surface area contributed by atoms with Crippen LogP contribution in [-0.2, 0) is 19.6 Å². The number of fused-ring (bicyclic) bond motifs is 1. The topological polar surface area (TPSA) is 101 Å². The number of rotatable bonds is 6. The van der Waals surface area contributed by atoms with E-state index < -0.39 is 28.0 Å². The van der Waals surface area contributed by atoms with Gasteiger partial charge in [0.1, 0.15) is 6.04 Å². The van der Waals surface area contributed by atoms with E-state index in [0.717, 1.165) is 24.0 Å². The molecule has 3 unspecified atom stereocenters. The van der Waals surface area contributed by atoms with Gasteiger partial charge in [-0.1, -0.05) is 30.7 Å². The van der Waals surface area contributed by atoms with Gasteiger partial charge in [-0.25, -0.2) is 13.2 Å². The molecule has 1 saturated heterocycles. The zero-order valence-corrected chi connectivity index (χ0v) is 18.9. The van der Waals surface area contributed by atoms with Crippen molar-refractivity contribution in [1.82, 2.24) is 4.31 Å². The predicted molar refractivity (Wildman–Crippen MR) is 119 cm³/mol. The highest BCUT2D eigenvalue weighted by molar-refractivity contribution is 7.89. The van der Waals surface area contributed by atoms with Gasteiger partial charge in [0.15, 0.2) is 0 Å². The summed E-state index contributed by atoms with van der Waals surface area (Å²) >= 11 is 0. The van der Waals surface area contributed by atoms with Crippen molar-refractivity contribution in [1.29, 1.82) is 0 Å². The minimum atomic E-state index is -3.92. The minimum absolute atomic E-state index is 0.0946. The fourth-order valence-electron chi connectivity index (χ4n) is 4.83. The van der Waals surface area contributed by atoms with Gasteiger partial charge in [-0.15, -0.1) is 0 Å². The van der Waals surface area contributed by atoms with Gasteiger partial charge < -0.3 is 9.84 Å². The molecule has 1 aliphatic carbocycles. The van der Waals surface area contributed by atoms with Crippen LogP contribution >= 0.6 is 0 Å². The summed E-state index contributed by atoms with van der Waals surface area (Å²) in [5, 5.41) is 9.61. The quantitative estimate of drug-likeness (QED) is 0.660. The molecule has 1 aliphatic heterocycles. The monoisotopic (exact) mass is 457 g/mol. The van der Waals surface area contributed by atoms with Crippen molar-refractivity contribution in [3.63, 3.8) is 0 Å². The average molecular weight is 458 g/mol. The Kier molecular flexibility index (Phi) is 6.09. The second kappa shape index (κ2) is 8.67. The number of carboxylic acids is 1. The molecule has 170 valence electrons. The molecular formula is C24H27NO6S. The smallest absolute Gasteiger partial charge is 0.338 e. The summed E-state index contributed by atoms with van der Waals surface area (Å²) in [6.07, 6.45) is 2.68. The Labute approximate surface area is 188 Å². The van der Waals surface area contributed by atoms with Crippen LogP contribution < -0.4 is 0 Å². The lowest BCUT2D eigenvalue weighted by Gasteiger charge is -2.26. The fourth-order valence-corrected chi connectivity index (χ4v) is 6.70. The third kappa shape index (κ3) is 4.17. The highest BCUT2D eigenvalue weighted by Gasteiger charge is 2.52. The maximum absolute atomic E-state index is 13.4. The zero-order valence-electron chi connectivity index (χ0n) is 18.1. The molecule has 2 aliphatic rings. The van der Waals surface area contributed by atoms with E-state index in [1.54, 1.807) is 50.2 Å². The number of carboxylic acid groups (broad SMARTS) is 1. The largest absolute Gasteiger partial charge is 0.480 e. The number of carbonyl (C=O) groups excluding carboxylic acids is 1. The maximum Gasteiger partial charge on any atom is 0.338 e. The molecule has 0 bridgehead atoms. The second-order valence-corrected chi connectivity index (χ2v) is 10.6. The molecule has 4 rings (SSSR count). The van der Waals surface area contributed by atoms with E-state index >= 15 is 0 Å². The fraction of sp³-hybridized carbons (Fsp3) is 0.417. The maximum atomic E-state index is 13.4. The van der Waals surface area contributed by atoms with Gasteiger partial charge in [-0.05, 0) is 74.4 Å². The van der Waals surface area contributed by atoms with Crippen LogP contribution in [0.2, 0.25) is 0 Å². The molecule has 2 fully saturated rings. The first-order valence-corrected chi connectivity index (χ1v) is 12.3. The van der Waals surface area contributed by atoms with Crippen molar-refractivity contribution >= 4 is 22.0 Å². The lowest BCUT2D eigenvalue weighted by Crippen LogP contribution is -2.44. The number of sulfonamides is 1. The number of esters is 1. The molecule has 1 heterocycles. The highest BCUT2D eigenvalue weighted by atomic mass is 32.2. The van der Waals surface area contributed by atoms with E-state index in [-0.39, 0.29) is 23.0 Å². The van der Waals surface area contributed by atoms with Crippen molar-refractivity contribution < 1.29 is 27.9 Å². The van der Waals surface area contributed by atoms with Gasteiger partial charge in [0, 0.05) is 6.04 Å². The summed E-state index contributed by atoms with van der Waals surface area (Å²) in [4.78, 5) is 23.9. The lowest BCUT2D eigenvalue weighted by atomic mass is 10.0. The molecule has 0 aromatic heterocycles. The SMILES string of the molecule is CC(C)OC(=O)c1ccc(-c2ccc(S(=O)(=O)N3C(C(=O)O)CC4CCCC43)cc2)cc1. The van der Waals surface area contributed by atoms with E-state index in [9.17, 15) is 23.1 Å². The Hall–Kier alpha value is -2.71. The Morgan fingerprint density at radius 3 is 2.16 bits per heavy atom. The Balaban J connectivity index is 1.56. The van der Waals surface area contributed by atoms with Gasteiger partial charge in [0.25, 0.3) is 0 Å². The molecule has 7 nitrogen and oxygen atoms in total. The first-order chi connectivity index (χ1) is 15.2. The van der Waals surface area contributed by atoms with E-state index in [1.807, 2.05) is 0 Å². The lowest BCUT2D eigenvalue weighted by molar-refractivity contribution is -0.141. The van der Waals surface area contributed by atoms with Crippen LogP contribution in [0.3, 0.4) is 0 Å². The first-order valence-electron chi connectivity index (χ1n) is 10.9. The molecular weight excluding hydrogens is 430 g/mol. The van der Waals surface area contributed by atoms with Crippen LogP contribution in [0.5, 0.6) is 0 Å². The summed E-state index contributed by atoms with van der Waals surface area (Å²) < 4.78 is 33.1. The number of aliphatic carboxylic acids is 1. The van der Waals surface area contributed by atoms with E-state index in [0.29, 0.717) is 18.4 Å². The van der Waals surface area contributed by atoms with Crippen molar-refractivity contribution in [2.75, 3.05) is 0 Å². The molecule has 3 atom stereocenters. The number of carbonyl (C=O) groups is 2. The zero-order chi connectivity index (χ0) is 23.0. The molecule has 2 aromatic carbocycles. The van der Waals surface area contributed by atoms with E-state index in [1.165, 1.54) is 16.4 Å². The molecule has 8 heteroatoms. The average Bonchev–Trinajstić information content (AvgIpc) is 3.35. The second-order valence-electron chi connectivity index (χ2n) is 8.74. The third-order valence-electron chi connectivity index (χ3n) is 6.29. The first kappa shape index (κ1) is 22.5. The van der Waals surface area contributed by atoms with Gasteiger partial charge in [-0.3, -0.25) is 4.79 Å². The standard InChI is InChI=1S/C24H27NO6S/c1-15(2)31-24(28)18-8-6-16(7-9-18)17-10-12-20(13-11-17)32(29,30)25-21-5-3-4-19(21)14-22(25)23(26)27/h6-13,15,19,21-22H,3-5,14H2,1-2H3,(H,26,27). The van der Waals surface area contributed by atoms with Crippen molar-refractivity contribution in [2.24, 2.45) is 5.92 Å². The highest BCUT2D eigenvalue weighted by Crippen LogP contribution is 2.44. The van der Waals surface area contributed by atoms with Crippen molar-refractivity contribution in [3.05, 3.63) is 54.1 Å². The third-order valence-corrected chi connectivity index (χ3v) is 8.24. The molecule has 0 amide bonds. The van der Waals surface area contributed by atoms with Crippen LogP contribution in [0.4, 0.5) is 0 Å². The molecule has 2 aromatic rings. The Morgan fingerprint density at radius 1 is 1.00 bits per heavy atom. The van der Waals surface area contributed by atoms with Crippen LogP contribution in [0, 0.1) is 5.92 Å². The summed E-state index contributed by atoms with van der Waals surface area (Å²) in [6.45, 7) is 3.57. The molecule has 32 heavy (non-hydrogen) atoms. The summed E-state index contributed by atoms with van der Waals surface area (Å²) in [5.41, 5.74) is 2.07. The number of hydrogen-bond acceptors (Lipinski definition) is 5. The summed E-state index contributed by atoms with van der Waals surface area (Å²) in [5.74, 6) is -1.36. The molecule has 1 N–H and O–H groups in total. The van der Waals surface area contributed by atoms with Gasteiger partial charge >= 0.3 is 11.9 Å². The molecule has 1 saturated carbocycles. The van der Waals surface area contributed by atoms with Crippen LogP contribution in [-0.4, -0.2) is 48.0 Å². The Bertz CT molecular complexity index is 1110. The molecule has 0 spiro atoms. The normalized spacial score (nSPS) is 23.3. The van der Waals surface area contributed by atoms with E-state index in [2.05, 4.69) is 0 Å². The van der Waals surface area contributed by atoms with Crippen LogP contribution in [0.1, 0.15) is 49.9 Å². The van der Waals surface area contributed by atoms with E-state index in [4.69, 9.17) is 4.74 Å². The molecule has 0 radical (unpaired) electrons. The summed E-state index contributed by atoms with van der Waals surface area (Å²) in [7, 11) is -3.92. The van der Waals surface area contributed by atoms with Crippen molar-refractivity contribution in [3.8, 4) is 11.1 Å². The number of ether oxygens (including phenoxy) is 1. The minimum Gasteiger partial charge on any atom is -0.480 e. The van der Waals surface area contributed by atoms with Gasteiger partial charge in [-0.2, -0.15) is 4.31 Å². The number of hydrogen-bond donors (Lipinski definition) is 1. The van der Waals surface area contributed by atoms with Crippen LogP contribution in [0.25, 0.3) is 11.1 Å². The van der Waals surface area contributed by atoms with Gasteiger partial charge in [0.2, 0.25) is 10.0 Å². The van der Waals surface area contributed by atoms with Crippen LogP contribution in [0.15, 0.2) is 53.4 Å². The Morgan fingerprint density at radius 2 is 1.59 bits per heavy atom. The number of nitrogens with zero attached hydrogens (tertiary/aromatic N) is 1. The summed E-state index contributed by atoms with van der Waals surface area (Å²) in [6, 6.07) is 12.1. The van der Waals surface area contributed by atoms with Gasteiger partial charge in [0.05, 0.1) is 16.6 Å². The predicted octanol–water partition coefficient (Wildman–Crippen LogP) is 3.94. The number of benzene rings is 2.